The van der Waals surface area contributed by atoms with Gasteiger partial charge in [-0.25, -0.2) is 4.98 Å². The fraction of sp³-hybridized carbons (Fsp3) is 0.556. The Morgan fingerprint density at radius 1 is 1.39 bits per heavy atom. The van der Waals surface area contributed by atoms with Crippen LogP contribution in [-0.2, 0) is 11.2 Å². The number of thiophene rings is 1. The van der Waals surface area contributed by atoms with Crippen molar-refractivity contribution in [1.29, 1.82) is 0 Å². The number of amides is 1. The van der Waals surface area contributed by atoms with E-state index < -0.39 is 0 Å². The Kier molecular flexibility index (Phi) is 5.16. The number of hydrogen-bond donors (Lipinski definition) is 0. The minimum absolute atomic E-state index is 0.175. The van der Waals surface area contributed by atoms with Crippen LogP contribution in [0.1, 0.15) is 50.5 Å². The predicted molar refractivity (Wildman–Crippen MR) is 92.5 cm³/mol. The van der Waals surface area contributed by atoms with Crippen molar-refractivity contribution in [2.75, 3.05) is 6.54 Å². The van der Waals surface area contributed by atoms with Gasteiger partial charge in [0, 0.05) is 12.6 Å². The maximum absolute atomic E-state index is 12.7. The van der Waals surface area contributed by atoms with Crippen molar-refractivity contribution in [1.82, 2.24) is 9.88 Å². The first-order valence-electron chi connectivity index (χ1n) is 8.48. The largest absolute Gasteiger partial charge is 0.440 e. The second-order valence-corrected chi connectivity index (χ2v) is 7.10. The number of rotatable bonds is 5. The lowest BCUT2D eigenvalue weighted by molar-refractivity contribution is -0.133. The third-order valence-electron chi connectivity index (χ3n) is 4.62. The molecule has 1 aliphatic carbocycles. The molecule has 2 aromatic rings. The Bertz CT molecular complexity index is 642. The van der Waals surface area contributed by atoms with Gasteiger partial charge >= 0.3 is 0 Å². The molecule has 0 atom stereocenters. The van der Waals surface area contributed by atoms with E-state index in [4.69, 9.17) is 4.42 Å². The average Bonchev–Trinajstić information content (AvgIpc) is 3.20. The molecule has 0 radical (unpaired) electrons. The molecule has 124 valence electrons. The van der Waals surface area contributed by atoms with Crippen LogP contribution in [0.5, 0.6) is 0 Å². The van der Waals surface area contributed by atoms with Gasteiger partial charge in [0.2, 0.25) is 11.8 Å². The Morgan fingerprint density at radius 2 is 2.17 bits per heavy atom. The Morgan fingerprint density at radius 3 is 2.83 bits per heavy atom. The van der Waals surface area contributed by atoms with E-state index in [1.54, 1.807) is 11.3 Å². The second kappa shape index (κ2) is 7.30. The van der Waals surface area contributed by atoms with Crippen molar-refractivity contribution in [3.05, 3.63) is 29.0 Å². The maximum Gasteiger partial charge on any atom is 0.236 e. The van der Waals surface area contributed by atoms with E-state index in [0.29, 0.717) is 18.4 Å². The third kappa shape index (κ3) is 3.66. The Labute approximate surface area is 141 Å². The van der Waals surface area contributed by atoms with Crippen LogP contribution < -0.4 is 0 Å². The summed E-state index contributed by atoms with van der Waals surface area (Å²) in [4.78, 5) is 20.3. The monoisotopic (exact) mass is 332 g/mol. The molecule has 0 bridgehead atoms. The van der Waals surface area contributed by atoms with Crippen molar-refractivity contribution in [3.8, 4) is 10.8 Å². The Hall–Kier alpha value is -1.62. The molecule has 2 heterocycles. The van der Waals surface area contributed by atoms with Crippen LogP contribution in [0.15, 0.2) is 21.9 Å². The molecule has 4 nitrogen and oxygen atoms in total. The molecule has 1 saturated carbocycles. The van der Waals surface area contributed by atoms with E-state index in [1.165, 1.54) is 19.3 Å². The third-order valence-corrected chi connectivity index (χ3v) is 5.48. The van der Waals surface area contributed by atoms with E-state index in [9.17, 15) is 4.79 Å². The number of nitrogens with zero attached hydrogens (tertiary/aromatic N) is 2. The zero-order valence-corrected chi connectivity index (χ0v) is 14.7. The van der Waals surface area contributed by atoms with Crippen LogP contribution in [-0.4, -0.2) is 28.4 Å². The van der Waals surface area contributed by atoms with E-state index in [-0.39, 0.29) is 5.91 Å². The van der Waals surface area contributed by atoms with E-state index >= 15 is 0 Å². The fourth-order valence-corrected chi connectivity index (χ4v) is 4.02. The summed E-state index contributed by atoms with van der Waals surface area (Å²) in [7, 11) is 0. The highest BCUT2D eigenvalue weighted by atomic mass is 32.1. The van der Waals surface area contributed by atoms with Crippen LogP contribution >= 0.6 is 11.3 Å². The van der Waals surface area contributed by atoms with Crippen molar-refractivity contribution in [3.63, 3.8) is 0 Å². The van der Waals surface area contributed by atoms with Crippen LogP contribution in [0, 0.1) is 6.92 Å². The molecule has 0 aliphatic heterocycles. The molecule has 1 aliphatic rings. The number of hydrogen-bond acceptors (Lipinski definition) is 4. The minimum atomic E-state index is 0.175. The van der Waals surface area contributed by atoms with Crippen molar-refractivity contribution in [2.24, 2.45) is 0 Å². The van der Waals surface area contributed by atoms with Gasteiger partial charge in [-0.3, -0.25) is 4.79 Å². The predicted octanol–water partition coefficient (Wildman–Crippen LogP) is 4.44. The van der Waals surface area contributed by atoms with Gasteiger partial charge in [-0.2, -0.15) is 0 Å². The summed E-state index contributed by atoms with van der Waals surface area (Å²) < 4.78 is 5.75. The first kappa shape index (κ1) is 16.2. The van der Waals surface area contributed by atoms with E-state index in [1.807, 2.05) is 29.3 Å². The highest BCUT2D eigenvalue weighted by Gasteiger charge is 2.25. The molecule has 23 heavy (non-hydrogen) atoms. The molecule has 0 saturated heterocycles. The normalized spacial score (nSPS) is 15.7. The highest BCUT2D eigenvalue weighted by Crippen LogP contribution is 2.27. The zero-order chi connectivity index (χ0) is 16.2. The van der Waals surface area contributed by atoms with Crippen molar-refractivity contribution >= 4 is 17.2 Å². The minimum Gasteiger partial charge on any atom is -0.440 e. The molecular formula is C18H24N2O2S. The smallest absolute Gasteiger partial charge is 0.236 e. The molecule has 3 rings (SSSR count). The summed E-state index contributed by atoms with van der Waals surface area (Å²) in [6.07, 6.45) is 6.38. The van der Waals surface area contributed by atoms with Gasteiger partial charge in [-0.15, -0.1) is 11.3 Å². The standard InChI is InChI=1S/C18H24N2O2S/c1-3-20(14-8-5-4-6-9-14)17(21)12-15-13(2)22-18(19-15)16-10-7-11-23-16/h7,10-11,14H,3-6,8-9,12H2,1-2H3. The summed E-state index contributed by atoms with van der Waals surface area (Å²) in [5.74, 6) is 1.55. The van der Waals surface area contributed by atoms with Gasteiger partial charge in [0.15, 0.2) is 0 Å². The lowest BCUT2D eigenvalue weighted by Crippen LogP contribution is -2.42. The highest BCUT2D eigenvalue weighted by molar-refractivity contribution is 7.13. The second-order valence-electron chi connectivity index (χ2n) is 6.15. The van der Waals surface area contributed by atoms with Gasteiger partial charge in [0.1, 0.15) is 5.76 Å². The molecule has 0 spiro atoms. The average molecular weight is 332 g/mol. The summed E-state index contributed by atoms with van der Waals surface area (Å²) >= 11 is 1.60. The Balaban J connectivity index is 1.71. The molecule has 5 heteroatoms. The number of aromatic nitrogens is 1. The number of aryl methyl sites for hydroxylation is 1. The zero-order valence-electron chi connectivity index (χ0n) is 13.9. The summed E-state index contributed by atoms with van der Waals surface area (Å²) in [5, 5.41) is 2.00. The number of oxazole rings is 1. The molecule has 0 unspecified atom stereocenters. The van der Waals surface area contributed by atoms with Gasteiger partial charge in [0.05, 0.1) is 17.0 Å². The number of carbonyl (C=O) groups excluding carboxylic acids is 1. The van der Waals surface area contributed by atoms with Crippen molar-refractivity contribution in [2.45, 2.75) is 58.4 Å². The quantitative estimate of drug-likeness (QED) is 0.813. The summed E-state index contributed by atoms with van der Waals surface area (Å²) in [6.45, 7) is 4.74. The molecule has 1 fully saturated rings. The number of likely N-dealkylation sites (N-methyl/N-ethyl adjacent to an activating group) is 1. The molecular weight excluding hydrogens is 308 g/mol. The van der Waals surface area contributed by atoms with Gasteiger partial charge in [0.25, 0.3) is 0 Å². The van der Waals surface area contributed by atoms with Crippen molar-refractivity contribution < 1.29 is 9.21 Å². The summed E-state index contributed by atoms with van der Waals surface area (Å²) in [5.41, 5.74) is 0.771. The molecule has 1 amide bonds. The first-order valence-corrected chi connectivity index (χ1v) is 9.36. The first-order chi connectivity index (χ1) is 11.2. The van der Waals surface area contributed by atoms with Gasteiger partial charge < -0.3 is 9.32 Å². The van der Waals surface area contributed by atoms with Crippen LogP contribution in [0.3, 0.4) is 0 Å². The van der Waals surface area contributed by atoms with E-state index in [2.05, 4.69) is 11.9 Å². The van der Waals surface area contributed by atoms with Gasteiger partial charge in [-0.05, 0) is 38.1 Å². The lowest BCUT2D eigenvalue weighted by atomic mass is 9.94. The van der Waals surface area contributed by atoms with Gasteiger partial charge in [-0.1, -0.05) is 25.3 Å². The fourth-order valence-electron chi connectivity index (χ4n) is 3.37. The van der Waals surface area contributed by atoms with E-state index in [0.717, 1.165) is 35.7 Å². The molecule has 0 aromatic carbocycles. The van der Waals surface area contributed by atoms with Crippen LogP contribution in [0.2, 0.25) is 0 Å². The maximum atomic E-state index is 12.7. The number of carbonyl (C=O) groups is 1. The van der Waals surface area contributed by atoms with Crippen LogP contribution in [0.4, 0.5) is 0 Å². The molecule has 0 N–H and O–H groups in total. The topological polar surface area (TPSA) is 46.3 Å². The SMILES string of the molecule is CCN(C(=O)Cc1nc(-c2cccs2)oc1C)C1CCCCC1. The summed E-state index contributed by atoms with van der Waals surface area (Å²) in [6, 6.07) is 4.37. The van der Waals surface area contributed by atoms with Crippen LogP contribution in [0.25, 0.3) is 10.8 Å². The molecule has 2 aromatic heterocycles. The lowest BCUT2D eigenvalue weighted by Gasteiger charge is -2.33.